The molecule has 112 valence electrons. The summed E-state index contributed by atoms with van der Waals surface area (Å²) < 4.78 is 5.56. The van der Waals surface area contributed by atoms with Crippen LogP contribution in [0.5, 0.6) is 0 Å². The van der Waals surface area contributed by atoms with Gasteiger partial charge in [-0.05, 0) is 0 Å². The number of rotatable bonds is 4. The van der Waals surface area contributed by atoms with Gasteiger partial charge in [-0.1, -0.05) is 5.16 Å². The van der Waals surface area contributed by atoms with Crippen LogP contribution in [0.1, 0.15) is 19.3 Å². The first-order valence-electron chi connectivity index (χ1n) is 6.90. The smallest absolute Gasteiger partial charge is 0.231 e. The van der Waals surface area contributed by atoms with E-state index < -0.39 is 0 Å². The van der Waals surface area contributed by atoms with Gasteiger partial charge in [0.2, 0.25) is 5.91 Å². The molecule has 1 aromatic rings. The number of aliphatic hydroxyl groups excluding tert-OH is 1. The van der Waals surface area contributed by atoms with E-state index in [1.54, 1.807) is 6.07 Å². The first-order valence-corrected chi connectivity index (χ1v) is 6.90. The molecule has 1 aromatic heterocycles. The minimum atomic E-state index is -0.180. The Morgan fingerprint density at radius 1 is 1.50 bits per heavy atom. The van der Waals surface area contributed by atoms with Gasteiger partial charge < -0.3 is 36.4 Å². The Bertz CT molecular complexity index is 444. The first-order chi connectivity index (χ1) is 9.17. The highest BCUT2D eigenvalue weighted by Crippen LogP contribution is 2.33. The zero-order valence-electron chi connectivity index (χ0n) is 11.3. The fraction of sp³-hybridized carbons (Fsp3) is 0.692. The predicted molar refractivity (Wildman–Crippen MR) is 68.2 cm³/mol. The summed E-state index contributed by atoms with van der Waals surface area (Å²) in [6.07, 6.45) is 3.90. The number of carbonyl (C=O) groups is 1. The Morgan fingerprint density at radius 2 is 2.25 bits per heavy atom. The average molecular weight is 346 g/mol. The highest BCUT2D eigenvalue weighted by atomic mass is 79.9. The third-order valence-electron chi connectivity index (χ3n) is 4.59. The number of nitrogens with zero attached hydrogens (tertiary/aromatic N) is 2. The van der Waals surface area contributed by atoms with Crippen molar-refractivity contribution in [3.05, 3.63) is 12.3 Å². The van der Waals surface area contributed by atoms with Crippen molar-refractivity contribution in [1.29, 1.82) is 0 Å². The lowest BCUT2D eigenvalue weighted by Crippen LogP contribution is -3.00. The third-order valence-corrected chi connectivity index (χ3v) is 4.59. The second-order valence-corrected chi connectivity index (χ2v) is 5.78. The van der Waals surface area contributed by atoms with Gasteiger partial charge in [-0.2, -0.15) is 0 Å². The van der Waals surface area contributed by atoms with E-state index in [1.807, 2.05) is 0 Å². The van der Waals surface area contributed by atoms with Gasteiger partial charge in [-0.15, -0.1) is 0 Å². The zero-order chi connectivity index (χ0) is 13.3. The highest BCUT2D eigenvalue weighted by Gasteiger charge is 2.44. The summed E-state index contributed by atoms with van der Waals surface area (Å²) in [4.78, 5) is 11.8. The van der Waals surface area contributed by atoms with Gasteiger partial charge in [0.05, 0.1) is 26.1 Å². The van der Waals surface area contributed by atoms with Crippen molar-refractivity contribution in [2.45, 2.75) is 25.4 Å². The molecule has 4 heterocycles. The second-order valence-electron chi connectivity index (χ2n) is 5.78. The third kappa shape index (κ3) is 3.21. The van der Waals surface area contributed by atoms with Gasteiger partial charge >= 0.3 is 0 Å². The molecule has 3 fully saturated rings. The molecule has 20 heavy (non-hydrogen) atoms. The summed E-state index contributed by atoms with van der Waals surface area (Å²) in [6.45, 7) is 3.80. The Balaban J connectivity index is 0.00000147. The van der Waals surface area contributed by atoms with E-state index in [2.05, 4.69) is 15.0 Å². The predicted octanol–water partition coefficient (Wildman–Crippen LogP) is -2.39. The van der Waals surface area contributed by atoms with E-state index >= 15 is 0 Å². The minimum absolute atomic E-state index is 0. The maximum absolute atomic E-state index is 11.8. The van der Waals surface area contributed by atoms with Crippen LogP contribution >= 0.6 is 0 Å². The van der Waals surface area contributed by atoms with Crippen molar-refractivity contribution in [3.63, 3.8) is 0 Å². The summed E-state index contributed by atoms with van der Waals surface area (Å²) in [5.41, 5.74) is 0. The Morgan fingerprint density at radius 3 is 2.85 bits per heavy atom. The van der Waals surface area contributed by atoms with Gasteiger partial charge in [-0.3, -0.25) is 4.79 Å². The molecule has 0 unspecified atom stereocenters. The fourth-order valence-corrected chi connectivity index (χ4v) is 3.38. The standard InChI is InChI=1S/C13H19N3O3.BrH/c17-11-9-16(5-1-10(11)2-6-16)7-3-13(18)14-12-4-8-19-15-12;/h4,8,10-11,17H,1-3,5-7,9H2;1H/t10?,11-,16?;/m0./s1. The molecule has 0 spiro atoms. The fourth-order valence-electron chi connectivity index (χ4n) is 3.38. The lowest BCUT2D eigenvalue weighted by Gasteiger charge is -2.51. The number of piperidine rings is 3. The molecule has 0 aliphatic carbocycles. The lowest BCUT2D eigenvalue weighted by atomic mass is 9.83. The van der Waals surface area contributed by atoms with Gasteiger partial charge in [0.1, 0.15) is 18.9 Å². The summed E-state index contributed by atoms with van der Waals surface area (Å²) in [6, 6.07) is 1.63. The number of nitrogens with one attached hydrogen (secondary N) is 1. The topological polar surface area (TPSA) is 75.4 Å². The van der Waals surface area contributed by atoms with Crippen LogP contribution < -0.4 is 22.3 Å². The molecule has 0 radical (unpaired) electrons. The number of halogens is 1. The van der Waals surface area contributed by atoms with Crippen LogP contribution in [0.15, 0.2) is 16.9 Å². The van der Waals surface area contributed by atoms with Gasteiger partial charge in [0.15, 0.2) is 5.82 Å². The van der Waals surface area contributed by atoms with Crippen molar-refractivity contribution < 1.29 is 35.9 Å². The summed E-state index contributed by atoms with van der Waals surface area (Å²) >= 11 is 0. The van der Waals surface area contributed by atoms with Crippen molar-refractivity contribution in [1.82, 2.24) is 5.16 Å². The summed E-state index contributed by atoms with van der Waals surface area (Å²) in [5, 5.41) is 16.4. The molecule has 1 atom stereocenters. The number of hydrogen-bond donors (Lipinski definition) is 2. The maximum Gasteiger partial charge on any atom is 0.231 e. The van der Waals surface area contributed by atoms with E-state index in [4.69, 9.17) is 0 Å². The Labute approximate surface area is 128 Å². The lowest BCUT2D eigenvalue weighted by molar-refractivity contribution is -0.945. The number of fused-ring (bicyclic) bond motifs is 3. The van der Waals surface area contributed by atoms with E-state index in [0.717, 1.165) is 43.5 Å². The molecule has 3 saturated heterocycles. The average Bonchev–Trinajstić information content (AvgIpc) is 2.90. The quantitative estimate of drug-likeness (QED) is 0.597. The number of anilines is 1. The second kappa shape index (κ2) is 6.24. The van der Waals surface area contributed by atoms with Crippen LogP contribution in [-0.2, 0) is 4.79 Å². The summed E-state index contributed by atoms with van der Waals surface area (Å²) in [5.74, 6) is 0.912. The normalized spacial score (nSPS) is 31.6. The van der Waals surface area contributed by atoms with Crippen LogP contribution in [0.2, 0.25) is 0 Å². The molecule has 3 aliphatic heterocycles. The van der Waals surface area contributed by atoms with E-state index in [0.29, 0.717) is 18.2 Å². The number of hydrogen-bond acceptors (Lipinski definition) is 4. The molecule has 6 nitrogen and oxygen atoms in total. The van der Waals surface area contributed by atoms with Crippen molar-refractivity contribution in [3.8, 4) is 0 Å². The Kier molecular flexibility index (Phi) is 4.82. The molecular formula is C13H20BrN3O3. The van der Waals surface area contributed by atoms with Gasteiger partial charge in [0.25, 0.3) is 0 Å². The zero-order valence-corrected chi connectivity index (χ0v) is 12.9. The van der Waals surface area contributed by atoms with Gasteiger partial charge in [-0.25, -0.2) is 0 Å². The number of quaternary nitrogens is 1. The number of amides is 1. The monoisotopic (exact) mass is 345 g/mol. The highest BCUT2D eigenvalue weighted by molar-refractivity contribution is 5.89. The van der Waals surface area contributed by atoms with Crippen LogP contribution in [0.4, 0.5) is 5.82 Å². The number of carbonyl (C=O) groups excluding carboxylic acids is 1. The number of aliphatic hydroxyl groups is 1. The molecular weight excluding hydrogens is 326 g/mol. The first kappa shape index (κ1) is 15.5. The SMILES string of the molecule is O=C(CC[N+]12CCC(CC1)[C@@H](O)C2)Nc1ccon1.[Br-]. The molecule has 2 bridgehead atoms. The minimum Gasteiger partial charge on any atom is -1.00 e. The van der Waals surface area contributed by atoms with E-state index in [9.17, 15) is 9.90 Å². The van der Waals surface area contributed by atoms with E-state index in [-0.39, 0.29) is 29.0 Å². The molecule has 0 aromatic carbocycles. The van der Waals surface area contributed by atoms with Crippen LogP contribution in [0.3, 0.4) is 0 Å². The van der Waals surface area contributed by atoms with Crippen LogP contribution in [0.25, 0.3) is 0 Å². The van der Waals surface area contributed by atoms with Gasteiger partial charge in [0, 0.05) is 24.8 Å². The van der Waals surface area contributed by atoms with Crippen LogP contribution in [-0.4, -0.2) is 52.9 Å². The molecule has 1 amide bonds. The molecule has 3 aliphatic rings. The van der Waals surface area contributed by atoms with Crippen LogP contribution in [0, 0.1) is 5.92 Å². The maximum atomic E-state index is 11.8. The molecule has 7 heteroatoms. The molecule has 0 saturated carbocycles. The largest absolute Gasteiger partial charge is 1.00 e. The van der Waals surface area contributed by atoms with E-state index in [1.165, 1.54) is 6.26 Å². The number of aromatic nitrogens is 1. The molecule has 2 N–H and O–H groups in total. The van der Waals surface area contributed by atoms with Crippen molar-refractivity contribution >= 4 is 11.7 Å². The van der Waals surface area contributed by atoms with Crippen molar-refractivity contribution in [2.24, 2.45) is 5.92 Å². The Hall–Kier alpha value is -0.920. The molecule has 4 rings (SSSR count). The summed E-state index contributed by atoms with van der Waals surface area (Å²) in [7, 11) is 0. The van der Waals surface area contributed by atoms with Crippen molar-refractivity contribution in [2.75, 3.05) is 31.5 Å².